The minimum absolute atomic E-state index is 0.0952. The van der Waals surface area contributed by atoms with E-state index in [0.29, 0.717) is 17.0 Å². The van der Waals surface area contributed by atoms with E-state index in [1.165, 1.54) is 11.8 Å². The third-order valence-corrected chi connectivity index (χ3v) is 3.72. The van der Waals surface area contributed by atoms with E-state index in [9.17, 15) is 9.59 Å². The molecule has 0 aromatic heterocycles. The molecule has 1 aromatic rings. The fraction of sp³-hybridized carbons (Fsp3) is 0.385. The Morgan fingerprint density at radius 1 is 1.47 bits per heavy atom. The predicted octanol–water partition coefficient (Wildman–Crippen LogP) is 3.05. The van der Waals surface area contributed by atoms with Gasteiger partial charge in [0.15, 0.2) is 0 Å². The largest absolute Gasteiger partial charge is 0.481 e. The number of hydrogen-bond donors (Lipinski definition) is 2. The Kier molecular flexibility index (Phi) is 6.18. The summed E-state index contributed by atoms with van der Waals surface area (Å²) in [6, 6.07) is 4.81. The SMILES string of the molecule is CCC(CC(=O)O)NC(=O)c1cc(SC)ccc1Cl. The predicted molar refractivity (Wildman–Crippen MR) is 77.0 cm³/mol. The maximum absolute atomic E-state index is 12.1. The first-order valence-corrected chi connectivity index (χ1v) is 7.44. The smallest absolute Gasteiger partial charge is 0.305 e. The van der Waals surface area contributed by atoms with Crippen molar-refractivity contribution in [2.75, 3.05) is 6.26 Å². The molecule has 0 heterocycles. The molecule has 0 saturated carbocycles. The lowest BCUT2D eigenvalue weighted by Crippen LogP contribution is -2.36. The van der Waals surface area contributed by atoms with Crippen LogP contribution in [0.3, 0.4) is 0 Å². The molecule has 0 fully saturated rings. The van der Waals surface area contributed by atoms with Gasteiger partial charge in [-0.15, -0.1) is 11.8 Å². The fourth-order valence-corrected chi connectivity index (χ4v) is 2.22. The van der Waals surface area contributed by atoms with Gasteiger partial charge in [-0.25, -0.2) is 0 Å². The Labute approximate surface area is 121 Å². The van der Waals surface area contributed by atoms with Crippen LogP contribution < -0.4 is 5.32 Å². The van der Waals surface area contributed by atoms with Gasteiger partial charge in [-0.3, -0.25) is 9.59 Å². The zero-order chi connectivity index (χ0) is 14.4. The van der Waals surface area contributed by atoms with Gasteiger partial charge in [-0.05, 0) is 30.9 Å². The highest BCUT2D eigenvalue weighted by atomic mass is 35.5. The third kappa shape index (κ3) is 4.76. The monoisotopic (exact) mass is 301 g/mol. The Hall–Kier alpha value is -1.20. The van der Waals surface area contributed by atoms with Gasteiger partial charge < -0.3 is 10.4 Å². The first-order chi connectivity index (χ1) is 8.97. The molecule has 0 saturated heterocycles. The van der Waals surface area contributed by atoms with E-state index in [1.54, 1.807) is 12.1 Å². The van der Waals surface area contributed by atoms with E-state index >= 15 is 0 Å². The number of benzene rings is 1. The molecular weight excluding hydrogens is 286 g/mol. The summed E-state index contributed by atoms with van der Waals surface area (Å²) in [4.78, 5) is 23.7. The maximum Gasteiger partial charge on any atom is 0.305 e. The summed E-state index contributed by atoms with van der Waals surface area (Å²) >= 11 is 7.51. The summed E-state index contributed by atoms with van der Waals surface area (Å²) in [5, 5.41) is 11.8. The number of amides is 1. The van der Waals surface area contributed by atoms with Crippen molar-refractivity contribution in [1.82, 2.24) is 5.32 Å². The Balaban J connectivity index is 2.84. The molecular formula is C13H16ClNO3S. The van der Waals surface area contributed by atoms with Crippen LogP contribution in [-0.2, 0) is 4.79 Å². The highest BCUT2D eigenvalue weighted by Gasteiger charge is 2.17. The number of aliphatic carboxylic acids is 1. The van der Waals surface area contributed by atoms with Gasteiger partial charge in [-0.2, -0.15) is 0 Å². The van der Waals surface area contributed by atoms with E-state index in [2.05, 4.69) is 5.32 Å². The van der Waals surface area contributed by atoms with Crippen LogP contribution in [-0.4, -0.2) is 29.3 Å². The molecule has 4 nitrogen and oxygen atoms in total. The molecule has 0 radical (unpaired) electrons. The molecule has 1 aromatic carbocycles. The average Bonchev–Trinajstić information content (AvgIpc) is 2.37. The number of nitrogens with one attached hydrogen (secondary N) is 1. The number of carboxylic acids is 1. The van der Waals surface area contributed by atoms with Crippen LogP contribution in [0.15, 0.2) is 23.1 Å². The van der Waals surface area contributed by atoms with Crippen molar-refractivity contribution < 1.29 is 14.7 Å². The molecule has 0 aliphatic rings. The summed E-state index contributed by atoms with van der Waals surface area (Å²) in [6.45, 7) is 1.83. The van der Waals surface area contributed by atoms with Gasteiger partial charge in [0.05, 0.1) is 17.0 Å². The first kappa shape index (κ1) is 15.9. The number of rotatable bonds is 6. The summed E-state index contributed by atoms with van der Waals surface area (Å²) in [5.74, 6) is -1.27. The van der Waals surface area contributed by atoms with Crippen LogP contribution in [0.1, 0.15) is 30.1 Å². The van der Waals surface area contributed by atoms with Gasteiger partial charge in [0.1, 0.15) is 0 Å². The maximum atomic E-state index is 12.1. The lowest BCUT2D eigenvalue weighted by Gasteiger charge is -2.15. The first-order valence-electron chi connectivity index (χ1n) is 5.84. The van der Waals surface area contributed by atoms with Gasteiger partial charge in [0, 0.05) is 10.9 Å². The van der Waals surface area contributed by atoms with E-state index in [-0.39, 0.29) is 18.4 Å². The molecule has 1 amide bonds. The third-order valence-electron chi connectivity index (χ3n) is 2.67. The molecule has 6 heteroatoms. The Bertz CT molecular complexity index is 479. The topological polar surface area (TPSA) is 66.4 Å². The summed E-state index contributed by atoms with van der Waals surface area (Å²) in [5.41, 5.74) is 0.373. The number of hydrogen-bond acceptors (Lipinski definition) is 3. The minimum atomic E-state index is -0.934. The van der Waals surface area contributed by atoms with Crippen molar-refractivity contribution in [3.05, 3.63) is 28.8 Å². The van der Waals surface area contributed by atoms with Gasteiger partial charge in [0.2, 0.25) is 0 Å². The van der Waals surface area contributed by atoms with Crippen LogP contribution in [0.5, 0.6) is 0 Å². The Morgan fingerprint density at radius 3 is 2.68 bits per heavy atom. The molecule has 1 atom stereocenters. The minimum Gasteiger partial charge on any atom is -0.481 e. The normalized spacial score (nSPS) is 11.9. The van der Waals surface area contributed by atoms with E-state index in [0.717, 1.165) is 4.90 Å². The molecule has 0 aliphatic heterocycles. The molecule has 19 heavy (non-hydrogen) atoms. The zero-order valence-corrected chi connectivity index (χ0v) is 12.3. The average molecular weight is 302 g/mol. The quantitative estimate of drug-likeness (QED) is 0.793. The van der Waals surface area contributed by atoms with Crippen LogP contribution in [0.2, 0.25) is 5.02 Å². The second-order valence-electron chi connectivity index (χ2n) is 4.02. The van der Waals surface area contributed by atoms with Crippen LogP contribution in [0.4, 0.5) is 0 Å². The number of thioether (sulfide) groups is 1. The van der Waals surface area contributed by atoms with Crippen LogP contribution in [0, 0.1) is 0 Å². The molecule has 1 rings (SSSR count). The number of carbonyl (C=O) groups excluding carboxylic acids is 1. The second kappa shape index (κ2) is 7.40. The van der Waals surface area contributed by atoms with E-state index in [4.69, 9.17) is 16.7 Å². The molecule has 0 bridgehead atoms. The summed E-state index contributed by atoms with van der Waals surface area (Å²) in [6.07, 6.45) is 2.37. The van der Waals surface area contributed by atoms with Crippen molar-refractivity contribution >= 4 is 35.2 Å². The standard InChI is InChI=1S/C13H16ClNO3S/c1-3-8(6-12(16)17)15-13(18)10-7-9(19-2)4-5-11(10)14/h4-5,7-8H,3,6H2,1-2H3,(H,15,18)(H,16,17). The van der Waals surface area contributed by atoms with Crippen molar-refractivity contribution in [3.63, 3.8) is 0 Å². The number of carboxylic acid groups (broad SMARTS) is 1. The molecule has 0 aliphatic carbocycles. The van der Waals surface area contributed by atoms with Crippen molar-refractivity contribution in [2.24, 2.45) is 0 Å². The van der Waals surface area contributed by atoms with Gasteiger partial charge in [0.25, 0.3) is 5.91 Å². The van der Waals surface area contributed by atoms with Crippen molar-refractivity contribution in [1.29, 1.82) is 0 Å². The van der Waals surface area contributed by atoms with Crippen LogP contribution in [0.25, 0.3) is 0 Å². The lowest BCUT2D eigenvalue weighted by atomic mass is 10.1. The van der Waals surface area contributed by atoms with Crippen molar-refractivity contribution in [3.8, 4) is 0 Å². The van der Waals surface area contributed by atoms with E-state index in [1.807, 2.05) is 19.2 Å². The molecule has 2 N–H and O–H groups in total. The zero-order valence-electron chi connectivity index (χ0n) is 10.8. The Morgan fingerprint density at radius 2 is 2.16 bits per heavy atom. The fourth-order valence-electron chi connectivity index (χ4n) is 1.58. The molecule has 1 unspecified atom stereocenters. The second-order valence-corrected chi connectivity index (χ2v) is 5.31. The van der Waals surface area contributed by atoms with Gasteiger partial charge in [-0.1, -0.05) is 18.5 Å². The van der Waals surface area contributed by atoms with Crippen molar-refractivity contribution in [2.45, 2.75) is 30.7 Å². The summed E-state index contributed by atoms with van der Waals surface area (Å²) in [7, 11) is 0. The van der Waals surface area contributed by atoms with E-state index < -0.39 is 5.97 Å². The molecule has 0 spiro atoms. The van der Waals surface area contributed by atoms with Crippen LogP contribution >= 0.6 is 23.4 Å². The molecule has 104 valence electrons. The lowest BCUT2D eigenvalue weighted by molar-refractivity contribution is -0.137. The van der Waals surface area contributed by atoms with Gasteiger partial charge >= 0.3 is 5.97 Å². The number of halogens is 1. The number of carbonyl (C=O) groups is 2. The highest BCUT2D eigenvalue weighted by Crippen LogP contribution is 2.23. The summed E-state index contributed by atoms with van der Waals surface area (Å²) < 4.78 is 0. The highest BCUT2D eigenvalue weighted by molar-refractivity contribution is 7.98.